The Morgan fingerprint density at radius 1 is 1.04 bits per heavy atom. The number of phenols is 1. The fourth-order valence-corrected chi connectivity index (χ4v) is 2.99. The highest BCUT2D eigenvalue weighted by atomic mass is 16.3. The van der Waals surface area contributed by atoms with Gasteiger partial charge in [0.05, 0.1) is 6.10 Å². The lowest BCUT2D eigenvalue weighted by molar-refractivity contribution is 0.0710. The van der Waals surface area contributed by atoms with Gasteiger partial charge in [0.25, 0.3) is 11.8 Å². The molecule has 2 heterocycles. The van der Waals surface area contributed by atoms with Crippen LogP contribution in [0.3, 0.4) is 0 Å². The Morgan fingerprint density at radius 3 is 2.33 bits per heavy atom. The number of nitrogens with zero attached hydrogens (tertiary/aromatic N) is 3. The van der Waals surface area contributed by atoms with Gasteiger partial charge in [0.1, 0.15) is 5.75 Å². The van der Waals surface area contributed by atoms with Crippen molar-refractivity contribution in [2.75, 3.05) is 19.6 Å². The molecular weight excluding hydrogens is 348 g/mol. The van der Waals surface area contributed by atoms with E-state index in [9.17, 15) is 19.8 Å². The maximum Gasteiger partial charge on any atom is 0.274 e. The van der Waals surface area contributed by atoms with Gasteiger partial charge in [-0.25, -0.2) is 9.97 Å². The van der Waals surface area contributed by atoms with E-state index in [0.717, 1.165) is 19.3 Å². The summed E-state index contributed by atoms with van der Waals surface area (Å²) in [4.78, 5) is 35.0. The van der Waals surface area contributed by atoms with Gasteiger partial charge in [-0.05, 0) is 37.0 Å². The second kappa shape index (κ2) is 8.59. The average Bonchev–Trinajstić information content (AvgIpc) is 2.72. The van der Waals surface area contributed by atoms with E-state index in [0.29, 0.717) is 18.7 Å². The number of aromatic hydroxyl groups is 1. The predicted octanol–water partition coefficient (Wildman–Crippen LogP) is 1.27. The molecule has 1 aromatic heterocycles. The van der Waals surface area contributed by atoms with Gasteiger partial charge in [0, 0.05) is 32.0 Å². The standard InChI is InChI=1S/C19H22N4O4/c24-14-6-4-13(5-7-14)15(25)12-22-18(26)16-17(21-9-8-20-16)19(27)23-10-2-1-3-11-23/h4-9,15,24-25H,1-3,10-12H2,(H,22,26)/t15-/m1/s1. The maximum absolute atomic E-state index is 12.7. The Morgan fingerprint density at radius 2 is 1.67 bits per heavy atom. The molecule has 3 rings (SSSR count). The van der Waals surface area contributed by atoms with Crippen LogP contribution in [0.25, 0.3) is 0 Å². The number of carbonyl (C=O) groups is 2. The second-order valence-electron chi connectivity index (χ2n) is 6.42. The number of benzene rings is 1. The van der Waals surface area contributed by atoms with Crippen LogP contribution >= 0.6 is 0 Å². The van der Waals surface area contributed by atoms with Crippen molar-refractivity contribution in [3.8, 4) is 5.75 Å². The number of aliphatic hydroxyl groups is 1. The summed E-state index contributed by atoms with van der Waals surface area (Å²) < 4.78 is 0. The molecule has 0 bridgehead atoms. The summed E-state index contributed by atoms with van der Waals surface area (Å²) in [5.74, 6) is -0.774. The number of amides is 2. The van der Waals surface area contributed by atoms with Crippen molar-refractivity contribution in [2.45, 2.75) is 25.4 Å². The quantitative estimate of drug-likeness (QED) is 0.730. The molecule has 2 amide bonds. The Labute approximate surface area is 156 Å². The fraction of sp³-hybridized carbons (Fsp3) is 0.368. The predicted molar refractivity (Wildman–Crippen MR) is 97.2 cm³/mol. The largest absolute Gasteiger partial charge is 0.508 e. The Hall–Kier alpha value is -3.00. The number of aliphatic hydroxyl groups excluding tert-OH is 1. The monoisotopic (exact) mass is 370 g/mol. The molecule has 1 saturated heterocycles. The molecule has 0 saturated carbocycles. The molecular formula is C19H22N4O4. The molecule has 1 aliphatic rings. The molecule has 0 aliphatic carbocycles. The van der Waals surface area contributed by atoms with E-state index in [1.807, 2.05) is 0 Å². The highest BCUT2D eigenvalue weighted by Gasteiger charge is 2.25. The number of rotatable bonds is 5. The highest BCUT2D eigenvalue weighted by molar-refractivity contribution is 6.04. The SMILES string of the molecule is O=C(NC[C@@H](O)c1ccc(O)cc1)c1nccnc1C(=O)N1CCCCC1. The molecule has 3 N–H and O–H groups in total. The van der Waals surface area contributed by atoms with Gasteiger partial charge in [-0.3, -0.25) is 9.59 Å². The van der Waals surface area contributed by atoms with E-state index in [4.69, 9.17) is 0 Å². The molecule has 0 radical (unpaired) electrons. The van der Waals surface area contributed by atoms with Crippen molar-refractivity contribution in [2.24, 2.45) is 0 Å². The minimum atomic E-state index is -0.951. The van der Waals surface area contributed by atoms with Gasteiger partial charge in [-0.2, -0.15) is 0 Å². The zero-order valence-corrected chi connectivity index (χ0v) is 14.8. The lowest BCUT2D eigenvalue weighted by Crippen LogP contribution is -2.38. The number of phenolic OH excluding ortho intramolecular Hbond substituents is 1. The second-order valence-corrected chi connectivity index (χ2v) is 6.42. The molecule has 8 nitrogen and oxygen atoms in total. The van der Waals surface area contributed by atoms with Crippen molar-refractivity contribution in [3.63, 3.8) is 0 Å². The maximum atomic E-state index is 12.7. The first kappa shape index (κ1) is 18.8. The first-order valence-corrected chi connectivity index (χ1v) is 8.91. The smallest absolute Gasteiger partial charge is 0.274 e. The molecule has 1 aromatic carbocycles. The number of hydrogen-bond acceptors (Lipinski definition) is 6. The Bertz CT molecular complexity index is 804. The summed E-state index contributed by atoms with van der Waals surface area (Å²) in [7, 11) is 0. The molecule has 1 fully saturated rings. The Kier molecular flexibility index (Phi) is 5.97. The zero-order chi connectivity index (χ0) is 19.2. The third-order valence-corrected chi connectivity index (χ3v) is 4.49. The van der Waals surface area contributed by atoms with E-state index >= 15 is 0 Å². The summed E-state index contributed by atoms with van der Waals surface area (Å²) in [5, 5.41) is 22.1. The first-order valence-electron chi connectivity index (χ1n) is 8.91. The summed E-state index contributed by atoms with van der Waals surface area (Å²) in [5.41, 5.74) is 0.527. The topological polar surface area (TPSA) is 116 Å². The molecule has 27 heavy (non-hydrogen) atoms. The summed E-state index contributed by atoms with van der Waals surface area (Å²) >= 11 is 0. The fourth-order valence-electron chi connectivity index (χ4n) is 2.99. The summed E-state index contributed by atoms with van der Waals surface area (Å²) in [6, 6.07) is 6.05. The third-order valence-electron chi connectivity index (χ3n) is 4.49. The minimum absolute atomic E-state index is 0.0241. The number of carbonyl (C=O) groups excluding carboxylic acids is 2. The summed E-state index contributed by atoms with van der Waals surface area (Å²) in [6.07, 6.45) is 4.76. The average molecular weight is 370 g/mol. The number of nitrogens with one attached hydrogen (secondary N) is 1. The van der Waals surface area contributed by atoms with E-state index < -0.39 is 12.0 Å². The van der Waals surface area contributed by atoms with Crippen LogP contribution in [0.5, 0.6) is 5.75 Å². The normalized spacial score (nSPS) is 15.2. The molecule has 2 aromatic rings. The van der Waals surface area contributed by atoms with E-state index in [-0.39, 0.29) is 29.6 Å². The molecule has 0 unspecified atom stereocenters. The minimum Gasteiger partial charge on any atom is -0.508 e. The molecule has 0 spiro atoms. The van der Waals surface area contributed by atoms with Crippen LogP contribution in [0, 0.1) is 0 Å². The number of likely N-dealkylation sites (tertiary alicyclic amines) is 1. The number of aromatic nitrogens is 2. The molecule has 1 aliphatic heterocycles. The van der Waals surface area contributed by atoms with Crippen LogP contribution in [0.2, 0.25) is 0 Å². The van der Waals surface area contributed by atoms with Gasteiger partial charge in [-0.15, -0.1) is 0 Å². The van der Waals surface area contributed by atoms with Crippen LogP contribution in [0.15, 0.2) is 36.7 Å². The van der Waals surface area contributed by atoms with Gasteiger partial charge < -0.3 is 20.4 Å². The summed E-state index contributed by atoms with van der Waals surface area (Å²) in [6.45, 7) is 1.24. The molecule has 8 heteroatoms. The third kappa shape index (κ3) is 4.59. The van der Waals surface area contributed by atoms with Crippen molar-refractivity contribution in [3.05, 3.63) is 53.6 Å². The molecule has 142 valence electrons. The highest BCUT2D eigenvalue weighted by Crippen LogP contribution is 2.17. The van der Waals surface area contributed by atoms with Crippen LogP contribution < -0.4 is 5.32 Å². The van der Waals surface area contributed by atoms with Crippen LogP contribution in [-0.4, -0.2) is 56.5 Å². The van der Waals surface area contributed by atoms with Crippen molar-refractivity contribution >= 4 is 11.8 Å². The van der Waals surface area contributed by atoms with E-state index in [2.05, 4.69) is 15.3 Å². The van der Waals surface area contributed by atoms with Gasteiger partial charge in [-0.1, -0.05) is 12.1 Å². The van der Waals surface area contributed by atoms with E-state index in [1.54, 1.807) is 17.0 Å². The van der Waals surface area contributed by atoms with Crippen LogP contribution in [0.1, 0.15) is 51.9 Å². The first-order chi connectivity index (χ1) is 13.1. The molecule has 1 atom stereocenters. The van der Waals surface area contributed by atoms with Gasteiger partial charge in [0.2, 0.25) is 0 Å². The Balaban J connectivity index is 1.67. The van der Waals surface area contributed by atoms with Gasteiger partial charge >= 0.3 is 0 Å². The van der Waals surface area contributed by atoms with E-state index in [1.165, 1.54) is 24.5 Å². The van der Waals surface area contributed by atoms with Crippen molar-refractivity contribution < 1.29 is 19.8 Å². The number of hydrogen-bond donors (Lipinski definition) is 3. The van der Waals surface area contributed by atoms with Crippen molar-refractivity contribution in [1.82, 2.24) is 20.2 Å². The van der Waals surface area contributed by atoms with Crippen molar-refractivity contribution in [1.29, 1.82) is 0 Å². The number of piperidine rings is 1. The van der Waals surface area contributed by atoms with Crippen LogP contribution in [-0.2, 0) is 0 Å². The lowest BCUT2D eigenvalue weighted by atomic mass is 10.1. The zero-order valence-electron chi connectivity index (χ0n) is 14.8. The van der Waals surface area contributed by atoms with Crippen LogP contribution in [0.4, 0.5) is 0 Å². The lowest BCUT2D eigenvalue weighted by Gasteiger charge is -2.26. The van der Waals surface area contributed by atoms with Gasteiger partial charge in [0.15, 0.2) is 11.4 Å².